The van der Waals surface area contributed by atoms with Gasteiger partial charge in [-0.05, 0) is 18.2 Å². The molecule has 1 aromatic carbocycles. The number of hydrogen-bond donors (Lipinski definition) is 2. The number of carbonyl (C=O) groups excluding carboxylic acids is 1. The number of fused-ring (bicyclic) bond motifs is 1. The monoisotopic (exact) mass is 451 g/mol. The van der Waals surface area contributed by atoms with Gasteiger partial charge in [-0.2, -0.15) is 4.98 Å². The molecular formula is C18H16Cl2FN7O2. The summed E-state index contributed by atoms with van der Waals surface area (Å²) >= 11 is 12.4. The molecule has 0 unspecified atom stereocenters. The third-order valence-corrected chi connectivity index (χ3v) is 5.32. The molecule has 0 saturated heterocycles. The first-order chi connectivity index (χ1) is 14.4. The summed E-state index contributed by atoms with van der Waals surface area (Å²) in [5.74, 6) is 0.0801. The van der Waals surface area contributed by atoms with Crippen LogP contribution in [0.1, 0.15) is 17.8 Å². The van der Waals surface area contributed by atoms with Crippen LogP contribution in [0.2, 0.25) is 10.0 Å². The van der Waals surface area contributed by atoms with Crippen molar-refractivity contribution in [1.29, 1.82) is 0 Å². The van der Waals surface area contributed by atoms with E-state index < -0.39 is 11.7 Å². The number of nitrogens with zero attached hydrogens (tertiary/aromatic N) is 5. The third-order valence-electron chi connectivity index (χ3n) is 4.56. The normalized spacial score (nSPS) is 13.1. The zero-order chi connectivity index (χ0) is 21.3. The molecule has 0 bridgehead atoms. The Morgan fingerprint density at radius 3 is 2.97 bits per heavy atom. The number of aryl methyl sites for hydroxylation is 1. The van der Waals surface area contributed by atoms with Crippen molar-refractivity contribution in [1.82, 2.24) is 20.3 Å². The zero-order valence-corrected chi connectivity index (χ0v) is 17.0. The summed E-state index contributed by atoms with van der Waals surface area (Å²) in [6.07, 6.45) is 0.378. The number of hydrogen-bond acceptors (Lipinski definition) is 8. The molecule has 9 nitrogen and oxygen atoms in total. The Morgan fingerprint density at radius 1 is 1.33 bits per heavy atom. The van der Waals surface area contributed by atoms with Crippen molar-refractivity contribution in [3.63, 3.8) is 0 Å². The maximum Gasteiger partial charge on any atom is 0.278 e. The first-order valence-electron chi connectivity index (χ1n) is 9.02. The van der Waals surface area contributed by atoms with E-state index in [-0.39, 0.29) is 30.3 Å². The van der Waals surface area contributed by atoms with E-state index in [0.717, 1.165) is 0 Å². The average molecular weight is 452 g/mol. The van der Waals surface area contributed by atoms with Crippen molar-refractivity contribution in [3.8, 4) is 11.6 Å². The molecule has 0 aliphatic carbocycles. The standard InChI is InChI=1S/C18H16Cl2FN7O2/c19-10-1-2-11(21)16(20)9(10)8-28-6-5-23-17-13(28)7-12(25-26-17)18-24-15(27-30-18)4-3-14(22)29/h1-2,7H,3-6,8H2,(H2,22,29)(H,23,26). The lowest BCUT2D eigenvalue weighted by atomic mass is 10.1. The fourth-order valence-electron chi connectivity index (χ4n) is 3.05. The van der Waals surface area contributed by atoms with Crippen LogP contribution in [0.15, 0.2) is 22.7 Å². The summed E-state index contributed by atoms with van der Waals surface area (Å²) in [6.45, 7) is 1.50. The summed E-state index contributed by atoms with van der Waals surface area (Å²) in [4.78, 5) is 17.1. The summed E-state index contributed by atoms with van der Waals surface area (Å²) in [7, 11) is 0. The predicted octanol–water partition coefficient (Wildman–Crippen LogP) is 2.82. The lowest BCUT2D eigenvalue weighted by Crippen LogP contribution is -2.34. The number of nitrogens with two attached hydrogens (primary N) is 1. The lowest BCUT2D eigenvalue weighted by molar-refractivity contribution is -0.118. The first kappa shape index (κ1) is 20.3. The molecule has 3 N–H and O–H groups in total. The van der Waals surface area contributed by atoms with E-state index in [9.17, 15) is 9.18 Å². The van der Waals surface area contributed by atoms with Crippen molar-refractivity contribution in [2.45, 2.75) is 19.4 Å². The molecule has 3 aromatic rings. The minimum Gasteiger partial charge on any atom is -0.370 e. The average Bonchev–Trinajstić information content (AvgIpc) is 3.21. The van der Waals surface area contributed by atoms with Gasteiger partial charge in [-0.15, -0.1) is 10.2 Å². The minimum absolute atomic E-state index is 0.0131. The Bertz CT molecular complexity index is 1110. The quantitative estimate of drug-likeness (QED) is 0.548. The predicted molar refractivity (Wildman–Crippen MR) is 109 cm³/mol. The smallest absolute Gasteiger partial charge is 0.278 e. The van der Waals surface area contributed by atoms with Gasteiger partial charge in [-0.25, -0.2) is 4.39 Å². The Balaban J connectivity index is 1.62. The number of rotatable bonds is 6. The largest absolute Gasteiger partial charge is 0.370 e. The van der Waals surface area contributed by atoms with E-state index in [1.165, 1.54) is 12.1 Å². The molecule has 0 radical (unpaired) electrons. The lowest BCUT2D eigenvalue weighted by Gasteiger charge is -2.31. The highest BCUT2D eigenvalue weighted by atomic mass is 35.5. The van der Waals surface area contributed by atoms with Crippen LogP contribution in [-0.2, 0) is 17.8 Å². The van der Waals surface area contributed by atoms with E-state index in [4.69, 9.17) is 33.5 Å². The van der Waals surface area contributed by atoms with Crippen LogP contribution >= 0.6 is 23.2 Å². The van der Waals surface area contributed by atoms with Crippen LogP contribution in [0.25, 0.3) is 11.6 Å². The molecule has 2 aromatic heterocycles. The summed E-state index contributed by atoms with van der Waals surface area (Å²) in [6, 6.07) is 4.44. The van der Waals surface area contributed by atoms with Crippen molar-refractivity contribution < 1.29 is 13.7 Å². The van der Waals surface area contributed by atoms with Gasteiger partial charge in [0.05, 0.1) is 10.7 Å². The van der Waals surface area contributed by atoms with E-state index in [1.807, 2.05) is 4.90 Å². The number of benzene rings is 1. The molecule has 30 heavy (non-hydrogen) atoms. The van der Waals surface area contributed by atoms with Gasteiger partial charge in [0, 0.05) is 43.1 Å². The van der Waals surface area contributed by atoms with Crippen molar-refractivity contribution in [2.75, 3.05) is 23.3 Å². The van der Waals surface area contributed by atoms with Crippen LogP contribution in [0.3, 0.4) is 0 Å². The fraction of sp³-hybridized carbons (Fsp3) is 0.278. The minimum atomic E-state index is -0.533. The number of amides is 1. The van der Waals surface area contributed by atoms with E-state index in [2.05, 4.69) is 25.7 Å². The van der Waals surface area contributed by atoms with Gasteiger partial charge >= 0.3 is 0 Å². The molecule has 0 saturated carbocycles. The van der Waals surface area contributed by atoms with Crippen LogP contribution in [0, 0.1) is 5.82 Å². The molecule has 1 aliphatic heterocycles. The van der Waals surface area contributed by atoms with Gasteiger partial charge < -0.3 is 20.5 Å². The molecule has 1 amide bonds. The maximum absolute atomic E-state index is 13.9. The van der Waals surface area contributed by atoms with Crippen molar-refractivity contribution >= 4 is 40.6 Å². The molecule has 4 rings (SSSR count). The van der Waals surface area contributed by atoms with E-state index >= 15 is 0 Å². The highest BCUT2D eigenvalue weighted by Gasteiger charge is 2.23. The van der Waals surface area contributed by atoms with Crippen LogP contribution in [-0.4, -0.2) is 39.3 Å². The van der Waals surface area contributed by atoms with Crippen molar-refractivity contribution in [2.24, 2.45) is 5.73 Å². The number of aromatic nitrogens is 4. The van der Waals surface area contributed by atoms with Crippen molar-refractivity contribution in [3.05, 3.63) is 45.4 Å². The van der Waals surface area contributed by atoms with Crippen LogP contribution in [0.4, 0.5) is 15.9 Å². The maximum atomic E-state index is 13.9. The highest BCUT2D eigenvalue weighted by molar-refractivity contribution is 6.36. The van der Waals surface area contributed by atoms with Gasteiger partial charge in [-0.3, -0.25) is 4.79 Å². The van der Waals surface area contributed by atoms with E-state index in [1.54, 1.807) is 6.07 Å². The number of nitrogens with one attached hydrogen (secondary N) is 1. The highest BCUT2D eigenvalue weighted by Crippen LogP contribution is 2.34. The fourth-order valence-corrected chi connectivity index (χ4v) is 3.54. The summed E-state index contributed by atoms with van der Waals surface area (Å²) < 4.78 is 19.1. The second kappa shape index (κ2) is 8.41. The number of carbonyl (C=O) groups is 1. The Morgan fingerprint density at radius 2 is 2.17 bits per heavy atom. The molecule has 3 heterocycles. The molecule has 0 atom stereocenters. The van der Waals surface area contributed by atoms with Gasteiger partial charge in [0.15, 0.2) is 17.3 Å². The molecule has 156 valence electrons. The molecular weight excluding hydrogens is 436 g/mol. The third kappa shape index (κ3) is 4.14. The van der Waals surface area contributed by atoms with Crippen LogP contribution in [0.5, 0.6) is 0 Å². The van der Waals surface area contributed by atoms with Crippen LogP contribution < -0.4 is 16.0 Å². The molecule has 0 spiro atoms. The molecule has 1 aliphatic rings. The van der Waals surface area contributed by atoms with E-state index in [0.29, 0.717) is 46.7 Å². The second-order valence-corrected chi connectivity index (χ2v) is 7.40. The Kier molecular flexibility index (Phi) is 5.69. The van der Waals surface area contributed by atoms with Gasteiger partial charge in [0.25, 0.3) is 5.89 Å². The number of primary amides is 1. The summed E-state index contributed by atoms with van der Waals surface area (Å²) in [5, 5.41) is 15.7. The molecule has 0 fully saturated rings. The zero-order valence-electron chi connectivity index (χ0n) is 15.5. The summed E-state index contributed by atoms with van der Waals surface area (Å²) in [5.41, 5.74) is 6.69. The van der Waals surface area contributed by atoms with Gasteiger partial charge in [0.2, 0.25) is 5.91 Å². The number of anilines is 2. The Labute approximate surface area is 180 Å². The topological polar surface area (TPSA) is 123 Å². The first-order valence-corrected chi connectivity index (χ1v) is 9.78. The van der Waals surface area contributed by atoms with Gasteiger partial charge in [-0.1, -0.05) is 28.4 Å². The van der Waals surface area contributed by atoms with Gasteiger partial charge in [0.1, 0.15) is 5.82 Å². The molecule has 12 heteroatoms. The Hall–Kier alpha value is -2.98. The number of halogens is 3. The second-order valence-electron chi connectivity index (χ2n) is 6.62. The SMILES string of the molecule is NC(=O)CCc1noc(-c2cc3c(nn2)NCCN3Cc2c(Cl)ccc(F)c2Cl)n1.